The van der Waals surface area contributed by atoms with Crippen LogP contribution in [0.3, 0.4) is 0 Å². The topological polar surface area (TPSA) is 55.6 Å². The highest BCUT2D eigenvalue weighted by Gasteiger charge is 2.38. The van der Waals surface area contributed by atoms with Crippen LogP contribution in [0.25, 0.3) is 11.1 Å². The predicted octanol–water partition coefficient (Wildman–Crippen LogP) is 4.88. The Labute approximate surface area is 150 Å². The van der Waals surface area contributed by atoms with Crippen LogP contribution in [0, 0.1) is 0 Å². The molecule has 1 saturated heterocycles. The van der Waals surface area contributed by atoms with Gasteiger partial charge >= 0.3 is 6.09 Å². The number of amides is 1. The van der Waals surface area contributed by atoms with Crippen molar-refractivity contribution in [3.8, 4) is 0 Å². The van der Waals surface area contributed by atoms with Gasteiger partial charge in [0.25, 0.3) is 0 Å². The lowest BCUT2D eigenvalue weighted by Gasteiger charge is -2.37. The molecule has 2 heterocycles. The minimum absolute atomic E-state index is 0.163. The van der Waals surface area contributed by atoms with Gasteiger partial charge in [-0.05, 0) is 51.8 Å². The summed E-state index contributed by atoms with van der Waals surface area (Å²) in [7, 11) is 0. The highest BCUT2D eigenvalue weighted by Crippen LogP contribution is 2.36. The van der Waals surface area contributed by atoms with E-state index in [1.165, 1.54) is 0 Å². The number of carbonyl (C=O) groups is 1. The third-order valence-corrected chi connectivity index (χ3v) is 4.88. The minimum Gasteiger partial charge on any atom is -0.444 e. The Hall–Kier alpha value is -1.56. The Balaban J connectivity index is 1.72. The van der Waals surface area contributed by atoms with Crippen molar-refractivity contribution in [1.29, 1.82) is 0 Å². The number of nitrogens with zero attached hydrogens (tertiary/aromatic N) is 2. The number of halogens is 1. The van der Waals surface area contributed by atoms with Crippen LogP contribution in [0.15, 0.2) is 27.1 Å². The van der Waals surface area contributed by atoms with E-state index < -0.39 is 5.60 Å². The average molecular weight is 395 g/mol. The van der Waals surface area contributed by atoms with Crippen LogP contribution in [-0.4, -0.2) is 34.7 Å². The van der Waals surface area contributed by atoms with Gasteiger partial charge in [-0.15, -0.1) is 0 Å². The summed E-state index contributed by atoms with van der Waals surface area (Å²) in [6, 6.07) is 5.83. The Bertz CT molecular complexity index is 755. The van der Waals surface area contributed by atoms with Crippen molar-refractivity contribution in [2.24, 2.45) is 0 Å². The first kappa shape index (κ1) is 17.3. The van der Waals surface area contributed by atoms with Crippen molar-refractivity contribution >= 4 is 33.1 Å². The molecule has 0 unspecified atom stereocenters. The van der Waals surface area contributed by atoms with Gasteiger partial charge in [-0.1, -0.05) is 22.9 Å². The maximum absolute atomic E-state index is 12.2. The van der Waals surface area contributed by atoms with Crippen LogP contribution in [0.4, 0.5) is 4.79 Å². The molecule has 6 heteroatoms. The highest BCUT2D eigenvalue weighted by atomic mass is 79.9. The van der Waals surface area contributed by atoms with E-state index in [1.54, 1.807) is 4.90 Å². The molecule has 24 heavy (non-hydrogen) atoms. The molecular formula is C18H23BrN2O3. The Kier molecular flexibility index (Phi) is 4.36. The lowest BCUT2D eigenvalue weighted by molar-refractivity contribution is 0.0160. The fourth-order valence-electron chi connectivity index (χ4n) is 2.88. The number of aromatic nitrogens is 1. The van der Waals surface area contributed by atoms with Crippen LogP contribution >= 0.6 is 15.9 Å². The van der Waals surface area contributed by atoms with Crippen LogP contribution in [0.1, 0.15) is 46.4 Å². The molecule has 0 saturated carbocycles. The molecule has 1 aliphatic rings. The molecule has 1 aliphatic heterocycles. The van der Waals surface area contributed by atoms with E-state index in [4.69, 9.17) is 9.15 Å². The number of benzene rings is 1. The minimum atomic E-state index is -0.467. The van der Waals surface area contributed by atoms with E-state index in [0.717, 1.165) is 34.3 Å². The van der Waals surface area contributed by atoms with Gasteiger partial charge in [-0.2, -0.15) is 0 Å². The Morgan fingerprint density at radius 2 is 2.00 bits per heavy atom. The van der Waals surface area contributed by atoms with Crippen molar-refractivity contribution in [2.45, 2.75) is 51.6 Å². The first-order valence-corrected chi connectivity index (χ1v) is 9.00. The van der Waals surface area contributed by atoms with Gasteiger partial charge < -0.3 is 14.1 Å². The van der Waals surface area contributed by atoms with E-state index in [1.807, 2.05) is 39.0 Å². The number of hydrogen-bond donors (Lipinski definition) is 0. The standard InChI is InChI=1S/C18H23BrN2O3/c1-17(2,3)24-16(22)21-9-7-18(4,8-10-21)15-20-13-11-12(19)5-6-14(13)23-15/h5-6,11H,7-10H2,1-4H3. The molecule has 0 bridgehead atoms. The fourth-order valence-corrected chi connectivity index (χ4v) is 3.23. The van der Waals surface area contributed by atoms with Crippen molar-refractivity contribution in [2.75, 3.05) is 13.1 Å². The molecular weight excluding hydrogens is 372 g/mol. The summed E-state index contributed by atoms with van der Waals surface area (Å²) in [6.07, 6.45) is 1.37. The molecule has 1 fully saturated rings. The molecule has 0 spiro atoms. The molecule has 3 rings (SSSR count). The summed E-state index contributed by atoms with van der Waals surface area (Å²) in [4.78, 5) is 18.6. The molecule has 1 aromatic heterocycles. The molecule has 130 valence electrons. The first-order valence-electron chi connectivity index (χ1n) is 8.21. The summed E-state index contributed by atoms with van der Waals surface area (Å²) in [5, 5.41) is 0. The molecule has 0 radical (unpaired) electrons. The molecule has 1 amide bonds. The van der Waals surface area contributed by atoms with E-state index in [9.17, 15) is 4.79 Å². The SMILES string of the molecule is CC(C)(C)OC(=O)N1CCC(C)(c2nc3cc(Br)ccc3o2)CC1. The monoisotopic (exact) mass is 394 g/mol. The number of ether oxygens (including phenoxy) is 1. The van der Waals surface area contributed by atoms with E-state index in [0.29, 0.717) is 13.1 Å². The van der Waals surface area contributed by atoms with Crippen LogP contribution in [0.5, 0.6) is 0 Å². The third kappa shape index (κ3) is 3.58. The van der Waals surface area contributed by atoms with Gasteiger partial charge in [0.2, 0.25) is 5.89 Å². The molecule has 0 atom stereocenters. The molecule has 5 nitrogen and oxygen atoms in total. The number of carbonyl (C=O) groups excluding carboxylic acids is 1. The summed E-state index contributed by atoms with van der Waals surface area (Å²) < 4.78 is 12.4. The van der Waals surface area contributed by atoms with Crippen molar-refractivity contribution in [3.05, 3.63) is 28.6 Å². The third-order valence-electron chi connectivity index (χ3n) is 4.38. The van der Waals surface area contributed by atoms with Crippen LogP contribution < -0.4 is 0 Å². The maximum Gasteiger partial charge on any atom is 0.410 e. The Morgan fingerprint density at radius 1 is 1.33 bits per heavy atom. The van der Waals surface area contributed by atoms with E-state index >= 15 is 0 Å². The van der Waals surface area contributed by atoms with Crippen molar-refractivity contribution in [1.82, 2.24) is 9.88 Å². The number of rotatable bonds is 1. The van der Waals surface area contributed by atoms with Gasteiger partial charge in [-0.25, -0.2) is 9.78 Å². The zero-order valence-electron chi connectivity index (χ0n) is 14.6. The second-order valence-corrected chi connectivity index (χ2v) is 8.57. The van der Waals surface area contributed by atoms with Gasteiger partial charge in [0, 0.05) is 23.0 Å². The van der Waals surface area contributed by atoms with Crippen molar-refractivity contribution < 1.29 is 13.9 Å². The number of oxazole rings is 1. The fraction of sp³-hybridized carbons (Fsp3) is 0.556. The molecule has 2 aromatic rings. The van der Waals surface area contributed by atoms with Crippen molar-refractivity contribution in [3.63, 3.8) is 0 Å². The summed E-state index contributed by atoms with van der Waals surface area (Å²) >= 11 is 3.46. The van der Waals surface area contributed by atoms with Crippen LogP contribution in [-0.2, 0) is 10.2 Å². The summed E-state index contributed by atoms with van der Waals surface area (Å²) in [5.41, 5.74) is 1.02. The first-order chi connectivity index (χ1) is 11.2. The average Bonchev–Trinajstić information content (AvgIpc) is 2.90. The zero-order chi connectivity index (χ0) is 17.5. The Morgan fingerprint density at radius 3 is 2.62 bits per heavy atom. The second kappa shape index (κ2) is 6.06. The highest BCUT2D eigenvalue weighted by molar-refractivity contribution is 9.10. The predicted molar refractivity (Wildman–Crippen MR) is 96.1 cm³/mol. The summed E-state index contributed by atoms with van der Waals surface area (Å²) in [5.74, 6) is 0.749. The van der Waals surface area contributed by atoms with Gasteiger partial charge in [0.15, 0.2) is 5.58 Å². The second-order valence-electron chi connectivity index (χ2n) is 7.66. The number of piperidine rings is 1. The molecule has 1 aromatic carbocycles. The van der Waals surface area contributed by atoms with Gasteiger partial charge in [-0.3, -0.25) is 0 Å². The smallest absolute Gasteiger partial charge is 0.410 e. The maximum atomic E-state index is 12.2. The van der Waals surface area contributed by atoms with Gasteiger partial charge in [0.1, 0.15) is 11.1 Å². The summed E-state index contributed by atoms with van der Waals surface area (Å²) in [6.45, 7) is 9.10. The molecule has 0 N–H and O–H groups in total. The zero-order valence-corrected chi connectivity index (χ0v) is 16.1. The lowest BCUT2D eigenvalue weighted by atomic mass is 9.80. The number of likely N-dealkylation sites (tertiary alicyclic amines) is 1. The number of fused-ring (bicyclic) bond motifs is 1. The normalized spacial score (nSPS) is 18.0. The van der Waals surface area contributed by atoms with Crippen LogP contribution in [0.2, 0.25) is 0 Å². The largest absolute Gasteiger partial charge is 0.444 e. The van der Waals surface area contributed by atoms with E-state index in [2.05, 4.69) is 27.8 Å². The molecule has 0 aliphatic carbocycles. The van der Waals surface area contributed by atoms with Gasteiger partial charge in [0.05, 0.1) is 0 Å². The number of hydrogen-bond acceptors (Lipinski definition) is 4. The quantitative estimate of drug-likeness (QED) is 0.691. The lowest BCUT2D eigenvalue weighted by Crippen LogP contribution is -2.45. The van der Waals surface area contributed by atoms with E-state index in [-0.39, 0.29) is 11.5 Å².